The van der Waals surface area contributed by atoms with E-state index in [0.29, 0.717) is 46.0 Å². The van der Waals surface area contributed by atoms with Crippen LogP contribution in [0.5, 0.6) is 11.5 Å². The smallest absolute Gasteiger partial charge is 0.242 e. The van der Waals surface area contributed by atoms with Gasteiger partial charge in [-0.05, 0) is 57.0 Å². The maximum Gasteiger partial charge on any atom is 0.242 e. The van der Waals surface area contributed by atoms with Crippen LogP contribution in [0.2, 0.25) is 10.0 Å². The number of rotatable bonds is 11. The maximum atomic E-state index is 13.4. The molecule has 0 aromatic heterocycles. The monoisotopic (exact) mass is 585 g/mol. The molecule has 0 spiro atoms. The highest BCUT2D eigenvalue weighted by atomic mass is 35.5. The van der Waals surface area contributed by atoms with Crippen LogP contribution < -0.4 is 19.1 Å². The van der Waals surface area contributed by atoms with Gasteiger partial charge in [0.2, 0.25) is 21.8 Å². The van der Waals surface area contributed by atoms with E-state index >= 15 is 0 Å². The molecule has 2 aromatic carbocycles. The van der Waals surface area contributed by atoms with Crippen LogP contribution in [0.4, 0.5) is 5.69 Å². The zero-order valence-corrected chi connectivity index (χ0v) is 24.2. The van der Waals surface area contributed by atoms with Crippen LogP contribution in [0, 0.1) is 0 Å². The maximum absolute atomic E-state index is 13.4. The molecule has 0 saturated heterocycles. The van der Waals surface area contributed by atoms with Gasteiger partial charge in [-0.1, -0.05) is 29.3 Å². The van der Waals surface area contributed by atoms with Gasteiger partial charge in [0.25, 0.3) is 0 Å². The molecule has 2 amide bonds. The molecule has 1 N–H and O–H groups in total. The second-order valence-corrected chi connectivity index (χ2v) is 12.1. The lowest BCUT2D eigenvalue weighted by molar-refractivity contribution is -0.140. The quantitative estimate of drug-likeness (QED) is 0.422. The van der Waals surface area contributed by atoms with Crippen LogP contribution in [0.15, 0.2) is 36.4 Å². The number of nitrogens with one attached hydrogen (secondary N) is 1. The summed E-state index contributed by atoms with van der Waals surface area (Å²) in [5.74, 6) is 0.437. The van der Waals surface area contributed by atoms with E-state index in [-0.39, 0.29) is 43.8 Å². The summed E-state index contributed by atoms with van der Waals surface area (Å²) in [4.78, 5) is 27.6. The number of fused-ring (bicyclic) bond motifs is 1. The van der Waals surface area contributed by atoms with Gasteiger partial charge >= 0.3 is 0 Å². The van der Waals surface area contributed by atoms with Crippen molar-refractivity contribution in [2.24, 2.45) is 0 Å². The predicted molar refractivity (Wildman–Crippen MR) is 149 cm³/mol. The Bertz CT molecular complexity index is 1270. The molecule has 0 bridgehead atoms. The number of halogens is 2. The summed E-state index contributed by atoms with van der Waals surface area (Å²) in [5.41, 5.74) is 1.13. The molecular weight excluding hydrogens is 553 g/mol. The number of anilines is 1. The van der Waals surface area contributed by atoms with Gasteiger partial charge in [0.05, 0.1) is 22.0 Å². The van der Waals surface area contributed by atoms with Gasteiger partial charge in [0, 0.05) is 31.6 Å². The fourth-order valence-electron chi connectivity index (χ4n) is 4.01. The molecule has 3 rings (SSSR count). The molecule has 9 nitrogen and oxygen atoms in total. The summed E-state index contributed by atoms with van der Waals surface area (Å²) in [6, 6.07) is 9.11. The number of carbonyl (C=O) groups is 2. The van der Waals surface area contributed by atoms with Crippen LogP contribution in [0.1, 0.15) is 39.2 Å². The number of hydrogen-bond donors (Lipinski definition) is 1. The third-order valence-corrected chi connectivity index (χ3v) is 7.83. The number of benzene rings is 2. The topological polar surface area (TPSA) is 105 Å². The molecule has 1 atom stereocenters. The SMILES string of the molecule is CC(C)NC(=O)C(C)N(Cc1ccc(Cl)c(Cl)c1)C(=O)CCCN(c1ccc2c(c1)OCCO2)S(C)(=O)=O. The lowest BCUT2D eigenvalue weighted by Crippen LogP contribution is -2.49. The summed E-state index contributed by atoms with van der Waals surface area (Å²) >= 11 is 12.2. The molecule has 1 unspecified atom stereocenters. The van der Waals surface area contributed by atoms with E-state index in [4.69, 9.17) is 32.7 Å². The first-order valence-corrected chi connectivity index (χ1v) is 14.9. The Morgan fingerprint density at radius 3 is 2.32 bits per heavy atom. The van der Waals surface area contributed by atoms with E-state index in [1.807, 2.05) is 13.8 Å². The average molecular weight is 587 g/mol. The summed E-state index contributed by atoms with van der Waals surface area (Å²) in [7, 11) is -3.64. The normalized spacial score (nSPS) is 13.7. The minimum atomic E-state index is -3.64. The van der Waals surface area contributed by atoms with E-state index < -0.39 is 16.1 Å². The first-order chi connectivity index (χ1) is 17.9. The summed E-state index contributed by atoms with van der Waals surface area (Å²) < 4.78 is 37.5. The standard InChI is InChI=1S/C26H33Cl2N3O6S/c1-17(2)29-26(33)18(3)30(16-19-7-9-21(27)22(28)14-19)25(32)6-5-11-31(38(4,34)35)20-8-10-23-24(15-20)37-13-12-36-23/h7-10,14-15,17-18H,5-6,11-13,16H2,1-4H3,(H,29,33). The molecular formula is C26H33Cl2N3O6S. The Kier molecular flexibility index (Phi) is 10.1. The Labute approximate surface area is 234 Å². The first-order valence-electron chi connectivity index (χ1n) is 12.3. The van der Waals surface area contributed by atoms with Crippen molar-refractivity contribution in [2.45, 2.75) is 52.2 Å². The van der Waals surface area contributed by atoms with Crippen molar-refractivity contribution in [3.63, 3.8) is 0 Å². The summed E-state index contributed by atoms with van der Waals surface area (Å²) in [6.45, 7) is 6.35. The molecule has 0 fully saturated rings. The van der Waals surface area contributed by atoms with E-state index in [9.17, 15) is 18.0 Å². The zero-order chi connectivity index (χ0) is 28.0. The molecule has 0 radical (unpaired) electrons. The zero-order valence-electron chi connectivity index (χ0n) is 21.9. The first kappa shape index (κ1) is 29.9. The predicted octanol–water partition coefficient (Wildman–Crippen LogP) is 4.25. The molecule has 1 aliphatic heterocycles. The Morgan fingerprint density at radius 1 is 1.00 bits per heavy atom. The van der Waals surface area contributed by atoms with Crippen LogP contribution >= 0.6 is 23.2 Å². The highest BCUT2D eigenvalue weighted by Crippen LogP contribution is 2.35. The molecule has 2 aromatic rings. The summed E-state index contributed by atoms with van der Waals surface area (Å²) in [5, 5.41) is 3.57. The molecule has 12 heteroatoms. The van der Waals surface area contributed by atoms with Gasteiger partial charge in [0.15, 0.2) is 11.5 Å². The van der Waals surface area contributed by atoms with E-state index in [1.165, 1.54) is 9.21 Å². The minimum absolute atomic E-state index is 0.0250. The fraction of sp³-hybridized carbons (Fsp3) is 0.462. The van der Waals surface area contributed by atoms with Crippen molar-refractivity contribution < 1.29 is 27.5 Å². The number of amides is 2. The Balaban J connectivity index is 1.75. The van der Waals surface area contributed by atoms with Crippen molar-refractivity contribution in [1.29, 1.82) is 0 Å². The number of nitrogens with zero attached hydrogens (tertiary/aromatic N) is 2. The lowest BCUT2D eigenvalue weighted by Gasteiger charge is -2.30. The van der Waals surface area contributed by atoms with Crippen molar-refractivity contribution in [3.05, 3.63) is 52.0 Å². The molecule has 0 saturated carbocycles. The van der Waals surface area contributed by atoms with Gasteiger partial charge < -0.3 is 19.7 Å². The number of ether oxygens (including phenoxy) is 2. The van der Waals surface area contributed by atoms with Crippen LogP contribution in [-0.4, -0.2) is 63.2 Å². The molecule has 0 aliphatic carbocycles. The minimum Gasteiger partial charge on any atom is -0.486 e. The van der Waals surface area contributed by atoms with Crippen molar-refractivity contribution >= 4 is 50.7 Å². The van der Waals surface area contributed by atoms with Crippen molar-refractivity contribution in [2.75, 3.05) is 30.3 Å². The van der Waals surface area contributed by atoms with E-state index in [1.54, 1.807) is 43.3 Å². The van der Waals surface area contributed by atoms with Crippen LogP contribution in [0.25, 0.3) is 0 Å². The highest BCUT2D eigenvalue weighted by molar-refractivity contribution is 7.92. The highest BCUT2D eigenvalue weighted by Gasteiger charge is 2.27. The van der Waals surface area contributed by atoms with E-state index in [2.05, 4.69) is 5.32 Å². The lowest BCUT2D eigenvalue weighted by atomic mass is 10.1. The molecule has 1 heterocycles. The second kappa shape index (κ2) is 12.9. The largest absolute Gasteiger partial charge is 0.486 e. The van der Waals surface area contributed by atoms with Crippen LogP contribution in [-0.2, 0) is 26.2 Å². The van der Waals surface area contributed by atoms with Gasteiger partial charge in [-0.25, -0.2) is 8.42 Å². The Hall–Kier alpha value is -2.69. The number of carbonyl (C=O) groups excluding carboxylic acids is 2. The molecule has 208 valence electrons. The van der Waals surface area contributed by atoms with Crippen LogP contribution in [0.3, 0.4) is 0 Å². The summed E-state index contributed by atoms with van der Waals surface area (Å²) in [6.07, 6.45) is 1.37. The molecule has 38 heavy (non-hydrogen) atoms. The average Bonchev–Trinajstić information content (AvgIpc) is 2.85. The second-order valence-electron chi connectivity index (χ2n) is 9.38. The van der Waals surface area contributed by atoms with Gasteiger partial charge in [-0.2, -0.15) is 0 Å². The van der Waals surface area contributed by atoms with Crippen molar-refractivity contribution in [1.82, 2.24) is 10.2 Å². The third kappa shape index (κ3) is 7.91. The third-order valence-electron chi connectivity index (χ3n) is 5.90. The number of sulfonamides is 1. The van der Waals surface area contributed by atoms with Gasteiger partial charge in [-0.15, -0.1) is 0 Å². The number of hydrogen-bond acceptors (Lipinski definition) is 6. The molecule has 1 aliphatic rings. The fourth-order valence-corrected chi connectivity index (χ4v) is 5.29. The Morgan fingerprint density at radius 2 is 1.68 bits per heavy atom. The van der Waals surface area contributed by atoms with Crippen molar-refractivity contribution in [3.8, 4) is 11.5 Å². The van der Waals surface area contributed by atoms with E-state index in [0.717, 1.165) is 6.26 Å². The van der Waals surface area contributed by atoms with Gasteiger partial charge in [-0.3, -0.25) is 13.9 Å². The van der Waals surface area contributed by atoms with Gasteiger partial charge in [0.1, 0.15) is 19.3 Å².